The number of amides is 1. The summed E-state index contributed by atoms with van der Waals surface area (Å²) in [6.07, 6.45) is 0.212. The van der Waals surface area contributed by atoms with Crippen LogP contribution in [0.1, 0.15) is 23.7 Å². The van der Waals surface area contributed by atoms with Crippen LogP contribution in [-0.4, -0.2) is 23.0 Å². The Kier molecular flexibility index (Phi) is 4.45. The summed E-state index contributed by atoms with van der Waals surface area (Å²) in [4.78, 5) is 22.3. The highest BCUT2D eigenvalue weighted by molar-refractivity contribution is 6.31. The molecule has 1 atom stereocenters. The van der Waals surface area contributed by atoms with Crippen LogP contribution in [0.4, 0.5) is 4.39 Å². The summed E-state index contributed by atoms with van der Waals surface area (Å²) < 4.78 is 13.3. The number of aliphatic carboxylic acids is 1. The smallest absolute Gasteiger partial charge is 0.326 e. The van der Waals surface area contributed by atoms with E-state index in [-0.39, 0.29) is 17.0 Å². The molecule has 4 nitrogen and oxygen atoms in total. The van der Waals surface area contributed by atoms with Crippen molar-refractivity contribution in [2.75, 3.05) is 0 Å². The van der Waals surface area contributed by atoms with E-state index in [0.717, 1.165) is 12.1 Å². The highest BCUT2D eigenvalue weighted by atomic mass is 35.5. The van der Waals surface area contributed by atoms with Gasteiger partial charge in [-0.05, 0) is 24.6 Å². The molecule has 1 aromatic carbocycles. The van der Waals surface area contributed by atoms with Crippen molar-refractivity contribution in [1.29, 1.82) is 0 Å². The quantitative estimate of drug-likeness (QED) is 0.870. The summed E-state index contributed by atoms with van der Waals surface area (Å²) in [6.45, 7) is 1.60. The van der Waals surface area contributed by atoms with Crippen LogP contribution in [0.3, 0.4) is 0 Å². The fourth-order valence-electron chi connectivity index (χ4n) is 1.25. The number of carbonyl (C=O) groups is 2. The lowest BCUT2D eigenvalue weighted by molar-refractivity contribution is -0.139. The lowest BCUT2D eigenvalue weighted by atomic mass is 10.1. The number of hydrogen-bond donors (Lipinski definition) is 2. The molecular formula is C11H11ClFNO3. The van der Waals surface area contributed by atoms with Crippen LogP contribution in [-0.2, 0) is 4.79 Å². The van der Waals surface area contributed by atoms with Crippen LogP contribution in [0.5, 0.6) is 0 Å². The van der Waals surface area contributed by atoms with E-state index < -0.39 is 23.7 Å². The molecule has 0 radical (unpaired) electrons. The molecule has 2 N–H and O–H groups in total. The largest absolute Gasteiger partial charge is 0.480 e. The molecule has 1 amide bonds. The van der Waals surface area contributed by atoms with Crippen LogP contribution in [0.25, 0.3) is 0 Å². The van der Waals surface area contributed by atoms with Gasteiger partial charge in [0.05, 0.1) is 5.56 Å². The number of carboxylic acid groups (broad SMARTS) is 1. The maximum absolute atomic E-state index is 13.3. The molecule has 0 saturated carbocycles. The highest BCUT2D eigenvalue weighted by Crippen LogP contribution is 2.15. The third kappa shape index (κ3) is 3.42. The minimum absolute atomic E-state index is 0.208. The minimum Gasteiger partial charge on any atom is -0.480 e. The predicted octanol–water partition coefficient (Wildman–Crippen LogP) is 2.07. The van der Waals surface area contributed by atoms with Gasteiger partial charge in [-0.1, -0.05) is 18.5 Å². The highest BCUT2D eigenvalue weighted by Gasteiger charge is 2.20. The molecule has 1 rings (SSSR count). The van der Waals surface area contributed by atoms with Gasteiger partial charge in [0.2, 0.25) is 0 Å². The van der Waals surface area contributed by atoms with Crippen LogP contribution in [0, 0.1) is 5.82 Å². The van der Waals surface area contributed by atoms with Crippen molar-refractivity contribution in [3.05, 3.63) is 34.6 Å². The van der Waals surface area contributed by atoms with E-state index in [0.29, 0.717) is 0 Å². The van der Waals surface area contributed by atoms with Gasteiger partial charge in [0, 0.05) is 5.02 Å². The SMILES string of the molecule is CCC(NC(=O)c1cc(Cl)ccc1F)C(=O)O. The second-order valence-corrected chi connectivity index (χ2v) is 3.83. The first-order valence-corrected chi connectivity index (χ1v) is 5.32. The lowest BCUT2D eigenvalue weighted by Crippen LogP contribution is -2.40. The summed E-state index contributed by atoms with van der Waals surface area (Å²) in [5, 5.41) is 11.2. The van der Waals surface area contributed by atoms with E-state index in [4.69, 9.17) is 16.7 Å². The number of hydrogen-bond acceptors (Lipinski definition) is 2. The second-order valence-electron chi connectivity index (χ2n) is 3.40. The van der Waals surface area contributed by atoms with Crippen LogP contribution in [0.2, 0.25) is 5.02 Å². The summed E-state index contributed by atoms with van der Waals surface area (Å²) in [5.41, 5.74) is -0.266. The molecule has 0 spiro atoms. The fraction of sp³-hybridized carbons (Fsp3) is 0.273. The summed E-state index contributed by atoms with van der Waals surface area (Å²) in [5.74, 6) is -2.70. The molecular weight excluding hydrogens is 249 g/mol. The molecule has 1 unspecified atom stereocenters. The Bertz CT molecular complexity index is 450. The molecule has 6 heteroatoms. The van der Waals surface area contributed by atoms with Crippen LogP contribution < -0.4 is 5.32 Å². The molecule has 0 aliphatic carbocycles. The average Bonchev–Trinajstić information content (AvgIpc) is 2.28. The summed E-state index contributed by atoms with van der Waals surface area (Å²) in [6, 6.07) is 2.47. The van der Waals surface area contributed by atoms with Gasteiger partial charge in [-0.25, -0.2) is 9.18 Å². The average molecular weight is 260 g/mol. The second kappa shape index (κ2) is 5.63. The van der Waals surface area contributed by atoms with Crippen molar-refractivity contribution < 1.29 is 19.1 Å². The molecule has 0 heterocycles. The van der Waals surface area contributed by atoms with Crippen LogP contribution in [0.15, 0.2) is 18.2 Å². The standard InChI is InChI=1S/C11H11ClFNO3/c1-2-9(11(16)17)14-10(15)7-5-6(12)3-4-8(7)13/h3-5,9H,2H2,1H3,(H,14,15)(H,16,17). The lowest BCUT2D eigenvalue weighted by Gasteiger charge is -2.12. The van der Waals surface area contributed by atoms with Gasteiger partial charge in [-0.15, -0.1) is 0 Å². The van der Waals surface area contributed by atoms with Crippen molar-refractivity contribution in [1.82, 2.24) is 5.32 Å². The topological polar surface area (TPSA) is 66.4 Å². The number of carbonyl (C=O) groups excluding carboxylic acids is 1. The number of nitrogens with one attached hydrogen (secondary N) is 1. The van der Waals surface area contributed by atoms with Crippen molar-refractivity contribution in [2.24, 2.45) is 0 Å². The third-order valence-corrected chi connectivity index (χ3v) is 2.42. The first-order valence-electron chi connectivity index (χ1n) is 4.94. The zero-order valence-corrected chi connectivity index (χ0v) is 9.79. The van der Waals surface area contributed by atoms with Gasteiger partial charge in [0.1, 0.15) is 11.9 Å². The first-order chi connectivity index (χ1) is 7.95. The Balaban J connectivity index is 2.89. The molecule has 0 aliphatic rings. The predicted molar refractivity (Wildman–Crippen MR) is 60.6 cm³/mol. The summed E-state index contributed by atoms with van der Waals surface area (Å²) >= 11 is 5.63. The van der Waals surface area contributed by atoms with Gasteiger partial charge < -0.3 is 10.4 Å². The number of carboxylic acids is 1. The fourth-order valence-corrected chi connectivity index (χ4v) is 1.42. The number of rotatable bonds is 4. The molecule has 0 aromatic heterocycles. The molecule has 92 valence electrons. The zero-order valence-electron chi connectivity index (χ0n) is 9.04. The molecule has 0 fully saturated rings. The Morgan fingerprint density at radius 1 is 1.53 bits per heavy atom. The number of benzene rings is 1. The van der Waals surface area contributed by atoms with Gasteiger partial charge >= 0.3 is 5.97 Å². The van der Waals surface area contributed by atoms with Gasteiger partial charge in [-0.2, -0.15) is 0 Å². The molecule has 0 bridgehead atoms. The Labute approximate surface area is 102 Å². The molecule has 0 aliphatic heterocycles. The van der Waals surface area contributed by atoms with Crippen molar-refractivity contribution >= 4 is 23.5 Å². The summed E-state index contributed by atoms with van der Waals surface area (Å²) in [7, 11) is 0. The van der Waals surface area contributed by atoms with E-state index >= 15 is 0 Å². The normalized spacial score (nSPS) is 11.9. The van der Waals surface area contributed by atoms with E-state index in [1.54, 1.807) is 6.92 Å². The molecule has 17 heavy (non-hydrogen) atoms. The zero-order chi connectivity index (χ0) is 13.0. The molecule has 1 aromatic rings. The van der Waals surface area contributed by atoms with E-state index in [2.05, 4.69) is 5.32 Å². The maximum Gasteiger partial charge on any atom is 0.326 e. The third-order valence-electron chi connectivity index (χ3n) is 2.18. The molecule has 0 saturated heterocycles. The number of halogens is 2. The minimum atomic E-state index is -1.16. The Morgan fingerprint density at radius 2 is 2.18 bits per heavy atom. The van der Waals surface area contributed by atoms with E-state index in [1.165, 1.54) is 6.07 Å². The Hall–Kier alpha value is -1.62. The van der Waals surface area contributed by atoms with Gasteiger partial charge in [0.15, 0.2) is 0 Å². The van der Waals surface area contributed by atoms with Crippen LogP contribution >= 0.6 is 11.6 Å². The van der Waals surface area contributed by atoms with Crippen molar-refractivity contribution in [2.45, 2.75) is 19.4 Å². The first kappa shape index (κ1) is 13.4. The van der Waals surface area contributed by atoms with E-state index in [9.17, 15) is 14.0 Å². The maximum atomic E-state index is 13.3. The van der Waals surface area contributed by atoms with Crippen molar-refractivity contribution in [3.63, 3.8) is 0 Å². The van der Waals surface area contributed by atoms with Gasteiger partial charge in [0.25, 0.3) is 5.91 Å². The van der Waals surface area contributed by atoms with E-state index in [1.807, 2.05) is 0 Å². The van der Waals surface area contributed by atoms with Gasteiger partial charge in [-0.3, -0.25) is 4.79 Å². The monoisotopic (exact) mass is 259 g/mol. The van der Waals surface area contributed by atoms with Crippen molar-refractivity contribution in [3.8, 4) is 0 Å². The Morgan fingerprint density at radius 3 is 2.71 bits per heavy atom.